The molecule has 0 atom stereocenters. The number of nitrogens with zero attached hydrogens (tertiary/aromatic N) is 1. The van der Waals surface area contributed by atoms with E-state index in [1.54, 1.807) is 13.8 Å². The van der Waals surface area contributed by atoms with Crippen molar-refractivity contribution < 1.29 is 19.1 Å². The molecule has 0 fully saturated rings. The van der Waals surface area contributed by atoms with Crippen molar-refractivity contribution in [1.29, 1.82) is 0 Å². The third-order valence-corrected chi connectivity index (χ3v) is 3.92. The number of rotatable bonds is 7. The van der Waals surface area contributed by atoms with Gasteiger partial charge in [-0.1, -0.05) is 6.07 Å². The van der Waals surface area contributed by atoms with Crippen LogP contribution in [0.2, 0.25) is 0 Å². The van der Waals surface area contributed by atoms with E-state index in [4.69, 9.17) is 9.52 Å². The minimum atomic E-state index is -0.876. The highest BCUT2D eigenvalue weighted by molar-refractivity contribution is 7.13. The molecule has 0 aliphatic heterocycles. The van der Waals surface area contributed by atoms with Crippen molar-refractivity contribution in [1.82, 2.24) is 10.3 Å². The number of carbonyl (C=O) groups excluding carboxylic acids is 1. The molecule has 0 aromatic carbocycles. The Kier molecular flexibility index (Phi) is 4.97. The van der Waals surface area contributed by atoms with Gasteiger partial charge in [0.15, 0.2) is 0 Å². The number of aromatic nitrogens is 1. The molecule has 0 unspecified atom stereocenters. The minimum absolute atomic E-state index is 0.0137. The molecule has 118 valence electrons. The summed E-state index contributed by atoms with van der Waals surface area (Å²) in [5.74, 6) is -0.580. The normalized spacial score (nSPS) is 11.4. The van der Waals surface area contributed by atoms with Gasteiger partial charge in [-0.05, 0) is 31.7 Å². The van der Waals surface area contributed by atoms with E-state index in [0.717, 1.165) is 4.88 Å². The number of carboxylic acids is 1. The molecule has 0 bridgehead atoms. The Bertz CT molecular complexity index is 646. The first-order chi connectivity index (χ1) is 10.4. The molecule has 6 nitrogen and oxygen atoms in total. The largest absolute Gasteiger partial charge is 0.481 e. The van der Waals surface area contributed by atoms with Crippen molar-refractivity contribution >= 4 is 23.2 Å². The Labute approximate surface area is 132 Å². The maximum Gasteiger partial charge on any atom is 0.303 e. The number of amides is 1. The third kappa shape index (κ3) is 4.70. The van der Waals surface area contributed by atoms with E-state index in [0.29, 0.717) is 18.0 Å². The molecule has 0 aliphatic carbocycles. The van der Waals surface area contributed by atoms with Gasteiger partial charge in [0.25, 0.3) is 0 Å². The minimum Gasteiger partial charge on any atom is -0.481 e. The number of nitrogens with one attached hydrogen (secondary N) is 1. The summed E-state index contributed by atoms with van der Waals surface area (Å²) in [6.45, 7) is 3.60. The first-order valence-electron chi connectivity index (χ1n) is 6.87. The van der Waals surface area contributed by atoms with Gasteiger partial charge in [0.2, 0.25) is 11.8 Å². The lowest BCUT2D eigenvalue weighted by Gasteiger charge is -2.25. The molecule has 0 aliphatic rings. The highest BCUT2D eigenvalue weighted by atomic mass is 32.1. The summed E-state index contributed by atoms with van der Waals surface area (Å²) in [7, 11) is 0. The summed E-state index contributed by atoms with van der Waals surface area (Å²) >= 11 is 1.52. The second-order valence-electron chi connectivity index (χ2n) is 5.62. The number of carbonyl (C=O) groups is 2. The van der Waals surface area contributed by atoms with Crippen LogP contribution in [0.3, 0.4) is 0 Å². The fourth-order valence-corrected chi connectivity index (χ4v) is 2.63. The quantitative estimate of drug-likeness (QED) is 0.817. The summed E-state index contributed by atoms with van der Waals surface area (Å²) in [5, 5.41) is 13.5. The zero-order valence-electron chi connectivity index (χ0n) is 12.5. The average molecular weight is 322 g/mol. The molecule has 2 aromatic heterocycles. The van der Waals surface area contributed by atoms with Crippen molar-refractivity contribution in [2.24, 2.45) is 0 Å². The number of oxazole rings is 1. The molecule has 0 spiro atoms. The Morgan fingerprint density at radius 3 is 2.86 bits per heavy atom. The van der Waals surface area contributed by atoms with Gasteiger partial charge in [0.05, 0.1) is 17.0 Å². The predicted octanol–water partition coefficient (Wildman–Crippen LogP) is 2.71. The van der Waals surface area contributed by atoms with Crippen molar-refractivity contribution in [2.45, 2.75) is 38.6 Å². The zero-order chi connectivity index (χ0) is 16.2. The molecule has 2 aromatic rings. The SMILES string of the molecule is CC(C)(CCC(=O)O)NC(=O)Cc1coc(-c2cccs2)n1. The van der Waals surface area contributed by atoms with Crippen LogP contribution in [0.1, 0.15) is 32.4 Å². The average Bonchev–Trinajstić information content (AvgIpc) is 3.06. The Morgan fingerprint density at radius 2 is 2.23 bits per heavy atom. The molecule has 0 radical (unpaired) electrons. The Balaban J connectivity index is 1.90. The number of hydrogen-bond donors (Lipinski definition) is 2. The Morgan fingerprint density at radius 1 is 1.45 bits per heavy atom. The van der Waals surface area contributed by atoms with Crippen LogP contribution in [0, 0.1) is 0 Å². The zero-order valence-corrected chi connectivity index (χ0v) is 13.3. The van der Waals surface area contributed by atoms with Gasteiger partial charge in [0.1, 0.15) is 6.26 Å². The smallest absolute Gasteiger partial charge is 0.303 e. The van der Waals surface area contributed by atoms with Crippen molar-refractivity contribution in [3.8, 4) is 10.8 Å². The first kappa shape index (κ1) is 16.2. The van der Waals surface area contributed by atoms with Crippen LogP contribution in [-0.2, 0) is 16.0 Å². The monoisotopic (exact) mass is 322 g/mol. The third-order valence-electron chi connectivity index (χ3n) is 3.07. The summed E-state index contributed by atoms with van der Waals surface area (Å²) in [6, 6.07) is 3.80. The van der Waals surface area contributed by atoms with Gasteiger partial charge < -0.3 is 14.8 Å². The highest BCUT2D eigenvalue weighted by Crippen LogP contribution is 2.23. The van der Waals surface area contributed by atoms with Crippen LogP contribution in [-0.4, -0.2) is 27.5 Å². The van der Waals surface area contributed by atoms with Gasteiger partial charge in [-0.2, -0.15) is 0 Å². The maximum absolute atomic E-state index is 12.0. The summed E-state index contributed by atoms with van der Waals surface area (Å²) < 4.78 is 5.36. The number of aliphatic carboxylic acids is 1. The van der Waals surface area contributed by atoms with Gasteiger partial charge in [0, 0.05) is 12.0 Å². The number of thiophene rings is 1. The van der Waals surface area contributed by atoms with Crippen molar-refractivity contribution in [3.63, 3.8) is 0 Å². The van der Waals surface area contributed by atoms with Crippen molar-refractivity contribution in [3.05, 3.63) is 29.5 Å². The lowest BCUT2D eigenvalue weighted by atomic mass is 9.98. The van der Waals surface area contributed by atoms with E-state index in [1.165, 1.54) is 17.6 Å². The predicted molar refractivity (Wildman–Crippen MR) is 82.6 cm³/mol. The van der Waals surface area contributed by atoms with Gasteiger partial charge in [-0.3, -0.25) is 9.59 Å². The lowest BCUT2D eigenvalue weighted by molar-refractivity contribution is -0.137. The standard InChI is InChI=1S/C15H18N2O4S/c1-15(2,6-5-13(19)20)17-12(18)8-10-9-21-14(16-10)11-4-3-7-22-11/h3-4,7,9H,5-6,8H2,1-2H3,(H,17,18)(H,19,20). The molecule has 1 amide bonds. The van der Waals surface area contributed by atoms with Crippen LogP contribution in [0.15, 0.2) is 28.2 Å². The van der Waals surface area contributed by atoms with E-state index in [-0.39, 0.29) is 18.7 Å². The van der Waals surface area contributed by atoms with Crippen LogP contribution < -0.4 is 5.32 Å². The van der Waals surface area contributed by atoms with Crippen LogP contribution in [0.5, 0.6) is 0 Å². The summed E-state index contributed by atoms with van der Waals surface area (Å²) in [6.07, 6.45) is 1.96. The summed E-state index contributed by atoms with van der Waals surface area (Å²) in [5.41, 5.74) is -0.0228. The van der Waals surface area contributed by atoms with Gasteiger partial charge >= 0.3 is 5.97 Å². The molecule has 22 heavy (non-hydrogen) atoms. The van der Waals surface area contributed by atoms with E-state index >= 15 is 0 Å². The molecule has 0 saturated carbocycles. The topological polar surface area (TPSA) is 92.4 Å². The number of carboxylic acid groups (broad SMARTS) is 1. The van der Waals surface area contributed by atoms with Crippen LogP contribution in [0.4, 0.5) is 0 Å². The molecule has 2 rings (SSSR count). The highest BCUT2D eigenvalue weighted by Gasteiger charge is 2.22. The van der Waals surface area contributed by atoms with Crippen LogP contribution >= 0.6 is 11.3 Å². The van der Waals surface area contributed by atoms with E-state index in [1.807, 2.05) is 17.5 Å². The maximum atomic E-state index is 12.0. The van der Waals surface area contributed by atoms with Gasteiger partial charge in [-0.25, -0.2) is 4.98 Å². The van der Waals surface area contributed by atoms with Crippen LogP contribution in [0.25, 0.3) is 10.8 Å². The Hall–Kier alpha value is -2.15. The number of hydrogen-bond acceptors (Lipinski definition) is 5. The van der Waals surface area contributed by atoms with E-state index in [2.05, 4.69) is 10.3 Å². The van der Waals surface area contributed by atoms with E-state index in [9.17, 15) is 9.59 Å². The first-order valence-corrected chi connectivity index (χ1v) is 7.75. The second kappa shape index (κ2) is 6.74. The summed E-state index contributed by atoms with van der Waals surface area (Å²) in [4.78, 5) is 27.8. The lowest BCUT2D eigenvalue weighted by Crippen LogP contribution is -2.44. The molecule has 2 heterocycles. The van der Waals surface area contributed by atoms with Gasteiger partial charge in [-0.15, -0.1) is 11.3 Å². The van der Waals surface area contributed by atoms with Crippen molar-refractivity contribution in [2.75, 3.05) is 0 Å². The molecular formula is C15H18N2O4S. The second-order valence-corrected chi connectivity index (χ2v) is 6.57. The molecule has 7 heteroatoms. The van der Waals surface area contributed by atoms with E-state index < -0.39 is 11.5 Å². The molecule has 2 N–H and O–H groups in total. The fraction of sp³-hybridized carbons (Fsp3) is 0.400. The molecular weight excluding hydrogens is 304 g/mol. The molecule has 0 saturated heterocycles. The fourth-order valence-electron chi connectivity index (χ4n) is 1.97.